The molecule has 1 atom stereocenters. The van der Waals surface area contributed by atoms with Crippen LogP contribution in [0.1, 0.15) is 20.3 Å². The van der Waals surface area contributed by atoms with Crippen LogP contribution in [0, 0.1) is 11.7 Å². The number of esters is 1. The van der Waals surface area contributed by atoms with E-state index in [1.54, 1.807) is 30.6 Å². The topological polar surface area (TPSA) is 115 Å². The largest absolute Gasteiger partial charge is 0.467 e. The molecule has 1 aromatic carbocycles. The maximum Gasteiger partial charge on any atom is 0.328 e. The predicted molar refractivity (Wildman–Crippen MR) is 115 cm³/mol. The molecule has 0 aliphatic carbocycles. The number of carbonyl (C=O) groups is 1. The Hall–Kier alpha value is -3.34. The zero-order chi connectivity index (χ0) is 22.2. The van der Waals surface area contributed by atoms with Crippen LogP contribution in [0.4, 0.5) is 22.0 Å². The van der Waals surface area contributed by atoms with E-state index < -0.39 is 17.8 Å². The molecule has 31 heavy (non-hydrogen) atoms. The van der Waals surface area contributed by atoms with Crippen LogP contribution in [0.5, 0.6) is 0 Å². The maximum atomic E-state index is 13.6. The zero-order valence-corrected chi connectivity index (χ0v) is 18.1. The quantitative estimate of drug-likeness (QED) is 0.375. The Balaban J connectivity index is 1.92. The van der Waals surface area contributed by atoms with Gasteiger partial charge in [-0.2, -0.15) is 15.0 Å². The number of nitrogens with one attached hydrogen (secondary N) is 2. The highest BCUT2D eigenvalue weighted by Crippen LogP contribution is 2.24. The van der Waals surface area contributed by atoms with Crippen LogP contribution in [0.2, 0.25) is 0 Å². The van der Waals surface area contributed by atoms with Crippen LogP contribution in [-0.2, 0) is 9.53 Å². The van der Waals surface area contributed by atoms with Crippen LogP contribution in [0.15, 0.2) is 53.0 Å². The van der Waals surface area contributed by atoms with Crippen molar-refractivity contribution in [3.05, 3.63) is 48.5 Å². The van der Waals surface area contributed by atoms with Crippen LogP contribution in [0.25, 0.3) is 0 Å². The van der Waals surface area contributed by atoms with Crippen molar-refractivity contribution in [2.24, 2.45) is 5.92 Å². The third-order valence-corrected chi connectivity index (χ3v) is 4.67. The summed E-state index contributed by atoms with van der Waals surface area (Å²) in [5.74, 6) is -0.241. The third-order valence-electron chi connectivity index (χ3n) is 3.92. The maximum absolute atomic E-state index is 13.6. The summed E-state index contributed by atoms with van der Waals surface area (Å²) >= 11 is 1.13. The van der Waals surface area contributed by atoms with Crippen molar-refractivity contribution in [1.29, 1.82) is 0 Å². The number of hydrogen-bond donors (Lipinski definition) is 2. The summed E-state index contributed by atoms with van der Waals surface area (Å²) in [6.07, 6.45) is 3.74. The summed E-state index contributed by atoms with van der Waals surface area (Å²) in [6, 6.07) is 6.98. The van der Waals surface area contributed by atoms with Gasteiger partial charge < -0.3 is 15.4 Å². The molecule has 0 aliphatic heterocycles. The second-order valence-corrected chi connectivity index (χ2v) is 7.82. The van der Waals surface area contributed by atoms with Gasteiger partial charge in [-0.15, -0.1) is 0 Å². The van der Waals surface area contributed by atoms with E-state index in [0.717, 1.165) is 11.8 Å². The molecule has 9 nitrogen and oxygen atoms in total. The fourth-order valence-corrected chi connectivity index (χ4v) is 3.28. The number of aromatic nitrogens is 5. The molecular weight excluding hydrogens is 421 g/mol. The molecule has 0 spiro atoms. The van der Waals surface area contributed by atoms with E-state index in [2.05, 4.69) is 35.6 Å². The summed E-state index contributed by atoms with van der Waals surface area (Å²) in [7, 11) is 1.33. The van der Waals surface area contributed by atoms with Gasteiger partial charge in [0.2, 0.25) is 17.1 Å². The fourth-order valence-electron chi connectivity index (χ4n) is 2.62. The van der Waals surface area contributed by atoms with E-state index in [-0.39, 0.29) is 17.8 Å². The van der Waals surface area contributed by atoms with Crippen LogP contribution in [0.3, 0.4) is 0 Å². The third kappa shape index (κ3) is 6.85. The van der Waals surface area contributed by atoms with Gasteiger partial charge in [-0.05, 0) is 48.4 Å². The van der Waals surface area contributed by atoms with Crippen molar-refractivity contribution in [2.75, 3.05) is 17.7 Å². The Morgan fingerprint density at radius 1 is 1.10 bits per heavy atom. The average molecular weight is 444 g/mol. The lowest BCUT2D eigenvalue weighted by Gasteiger charge is -2.18. The highest BCUT2D eigenvalue weighted by molar-refractivity contribution is 7.99. The van der Waals surface area contributed by atoms with E-state index in [9.17, 15) is 9.18 Å². The molecule has 2 N–H and O–H groups in total. The summed E-state index contributed by atoms with van der Waals surface area (Å²) in [4.78, 5) is 33.6. The Kier molecular flexibility index (Phi) is 7.65. The van der Waals surface area contributed by atoms with E-state index in [4.69, 9.17) is 4.74 Å². The van der Waals surface area contributed by atoms with Gasteiger partial charge in [0, 0.05) is 18.1 Å². The lowest BCUT2D eigenvalue weighted by molar-refractivity contribution is -0.141. The predicted octanol–water partition coefficient (Wildman–Crippen LogP) is 3.70. The number of ether oxygens (including phenoxy) is 1. The van der Waals surface area contributed by atoms with Crippen LogP contribution < -0.4 is 10.6 Å². The molecule has 2 heterocycles. The molecular formula is C20H22FN7O2S. The van der Waals surface area contributed by atoms with Crippen molar-refractivity contribution in [3.8, 4) is 0 Å². The van der Waals surface area contributed by atoms with Crippen LogP contribution >= 0.6 is 11.8 Å². The molecule has 0 fully saturated rings. The van der Waals surface area contributed by atoms with Gasteiger partial charge in [0.25, 0.3) is 0 Å². The van der Waals surface area contributed by atoms with Gasteiger partial charge in [-0.1, -0.05) is 19.9 Å². The lowest BCUT2D eigenvalue weighted by Crippen LogP contribution is -2.33. The normalized spacial score (nSPS) is 11.8. The van der Waals surface area contributed by atoms with Gasteiger partial charge >= 0.3 is 5.97 Å². The first-order chi connectivity index (χ1) is 14.9. The molecule has 162 valence electrons. The summed E-state index contributed by atoms with van der Waals surface area (Å²) in [6.45, 7) is 3.99. The summed E-state index contributed by atoms with van der Waals surface area (Å²) in [5.41, 5.74) is 0.468. The van der Waals surface area contributed by atoms with Gasteiger partial charge in [0.05, 0.1) is 7.11 Å². The molecule has 0 saturated heterocycles. The van der Waals surface area contributed by atoms with E-state index >= 15 is 0 Å². The van der Waals surface area contributed by atoms with Crippen molar-refractivity contribution in [2.45, 2.75) is 36.6 Å². The number of benzene rings is 1. The van der Waals surface area contributed by atoms with Crippen molar-refractivity contribution >= 4 is 35.3 Å². The molecule has 3 rings (SSSR count). The van der Waals surface area contributed by atoms with Crippen molar-refractivity contribution in [1.82, 2.24) is 24.9 Å². The number of anilines is 3. The number of nitrogens with zero attached hydrogens (tertiary/aromatic N) is 5. The minimum atomic E-state index is -0.639. The molecule has 0 aliphatic rings. The molecule has 0 unspecified atom stereocenters. The molecule has 0 bridgehead atoms. The first-order valence-corrected chi connectivity index (χ1v) is 10.3. The number of methoxy groups -OCH3 is 1. The first kappa shape index (κ1) is 22.3. The number of halogens is 1. The van der Waals surface area contributed by atoms with Gasteiger partial charge in [0.1, 0.15) is 11.9 Å². The number of rotatable bonds is 9. The smallest absolute Gasteiger partial charge is 0.328 e. The van der Waals surface area contributed by atoms with E-state index in [1.165, 1.54) is 19.2 Å². The first-order valence-electron chi connectivity index (χ1n) is 9.51. The molecule has 0 saturated carbocycles. The minimum Gasteiger partial charge on any atom is -0.467 e. The van der Waals surface area contributed by atoms with E-state index in [1.807, 2.05) is 13.8 Å². The fraction of sp³-hybridized carbons (Fsp3) is 0.300. The second-order valence-electron chi connectivity index (χ2n) is 6.88. The Bertz CT molecular complexity index is 1020. The molecule has 0 amide bonds. The average Bonchev–Trinajstić information content (AvgIpc) is 2.73. The molecule has 3 aromatic rings. The minimum absolute atomic E-state index is 0.170. The van der Waals surface area contributed by atoms with Crippen molar-refractivity contribution < 1.29 is 13.9 Å². The summed E-state index contributed by atoms with van der Waals surface area (Å²) < 4.78 is 18.5. The highest BCUT2D eigenvalue weighted by atomic mass is 32.2. The molecule has 2 aromatic heterocycles. The van der Waals surface area contributed by atoms with Crippen LogP contribution in [-0.4, -0.2) is 44.0 Å². The Labute approximate surface area is 183 Å². The van der Waals surface area contributed by atoms with Gasteiger partial charge in [-0.25, -0.2) is 19.2 Å². The molecule has 11 heteroatoms. The summed E-state index contributed by atoms with van der Waals surface area (Å²) in [5, 5.41) is 6.72. The molecule has 0 radical (unpaired) electrons. The van der Waals surface area contributed by atoms with Gasteiger partial charge in [0.15, 0.2) is 5.16 Å². The lowest BCUT2D eigenvalue weighted by atomic mass is 10.0. The Morgan fingerprint density at radius 3 is 2.52 bits per heavy atom. The standard InChI is InChI=1S/C20H22FN7O2S/c1-12(2)10-15(16(29)30-3)25-18-26-17(24-14-7-4-6-13(21)11-14)27-20(28-18)31-19-22-8-5-9-23-19/h4-9,11-12,15H,10H2,1-3H3,(H2,24,25,26,27,28)/t15-/m1/s1. The highest BCUT2D eigenvalue weighted by Gasteiger charge is 2.22. The Morgan fingerprint density at radius 2 is 1.84 bits per heavy atom. The number of carbonyl (C=O) groups excluding carboxylic acids is 1. The monoisotopic (exact) mass is 443 g/mol. The SMILES string of the molecule is COC(=O)[C@@H](CC(C)C)Nc1nc(Nc2cccc(F)c2)nc(Sc2ncccn2)n1. The second kappa shape index (κ2) is 10.6. The zero-order valence-electron chi connectivity index (χ0n) is 17.2. The van der Waals surface area contributed by atoms with E-state index in [0.29, 0.717) is 22.4 Å². The van der Waals surface area contributed by atoms with Gasteiger partial charge in [-0.3, -0.25) is 0 Å². The van der Waals surface area contributed by atoms with Crippen molar-refractivity contribution in [3.63, 3.8) is 0 Å². The number of hydrogen-bond acceptors (Lipinski definition) is 10.